The number of halogens is 1. The fourth-order valence-corrected chi connectivity index (χ4v) is 6.39. The molecule has 3 unspecified atom stereocenters. The number of carbonyl (C=O) groups excluding carboxylic acids is 1. The third-order valence-corrected chi connectivity index (χ3v) is 7.89. The lowest BCUT2D eigenvalue weighted by Crippen LogP contribution is -2.63. The number of esters is 1. The van der Waals surface area contributed by atoms with Crippen LogP contribution in [0.1, 0.15) is 32.8 Å². The van der Waals surface area contributed by atoms with Crippen LogP contribution in [0.5, 0.6) is 0 Å². The summed E-state index contributed by atoms with van der Waals surface area (Å²) in [6, 6.07) is 9.70. The number of hydrogen-bond acceptors (Lipinski definition) is 9. The Bertz CT molecular complexity index is 1200. The number of hydrogen-bond donors (Lipinski definition) is 2. The maximum atomic E-state index is 13.3. The Morgan fingerprint density at radius 1 is 1.42 bits per heavy atom. The molecule has 1 fully saturated rings. The molecule has 3 atom stereocenters. The molecular formula is C23H23ClN6O2S. The van der Waals surface area contributed by atoms with Crippen molar-refractivity contribution in [2.24, 2.45) is 9.98 Å². The third kappa shape index (κ3) is 3.44. The lowest BCUT2D eigenvalue weighted by Gasteiger charge is -2.48. The molecule has 0 saturated carbocycles. The van der Waals surface area contributed by atoms with Crippen molar-refractivity contribution >= 4 is 40.8 Å². The van der Waals surface area contributed by atoms with Crippen molar-refractivity contribution in [1.29, 1.82) is 5.26 Å². The van der Waals surface area contributed by atoms with Gasteiger partial charge < -0.3 is 15.1 Å². The van der Waals surface area contributed by atoms with E-state index in [-0.39, 0.29) is 5.25 Å². The number of benzene rings is 1. The molecule has 0 bridgehead atoms. The quantitative estimate of drug-likeness (QED) is 0.638. The summed E-state index contributed by atoms with van der Waals surface area (Å²) in [6.07, 6.45) is 1.42. The van der Waals surface area contributed by atoms with Crippen molar-refractivity contribution in [3.05, 3.63) is 57.9 Å². The minimum Gasteiger partial charge on any atom is -0.442 e. The molecule has 2 N–H and O–H groups in total. The summed E-state index contributed by atoms with van der Waals surface area (Å²) in [6.45, 7) is 5.69. The molecule has 5 rings (SSSR count). The van der Waals surface area contributed by atoms with Gasteiger partial charge in [-0.25, -0.2) is 10.2 Å². The molecule has 1 spiro atoms. The zero-order valence-electron chi connectivity index (χ0n) is 18.4. The van der Waals surface area contributed by atoms with Crippen molar-refractivity contribution in [1.82, 2.24) is 15.8 Å². The number of aliphatic imine (C=N–C) groups is 2. The van der Waals surface area contributed by atoms with Gasteiger partial charge in [-0.2, -0.15) is 5.26 Å². The van der Waals surface area contributed by atoms with Gasteiger partial charge in [0.1, 0.15) is 11.9 Å². The molecular weight excluding hydrogens is 460 g/mol. The second-order valence-electron chi connectivity index (χ2n) is 8.84. The summed E-state index contributed by atoms with van der Waals surface area (Å²) in [5.74, 6) is 0.130. The Balaban J connectivity index is 1.61. The normalized spacial score (nSPS) is 28.0. The van der Waals surface area contributed by atoms with Gasteiger partial charge in [0.2, 0.25) is 0 Å². The van der Waals surface area contributed by atoms with E-state index in [4.69, 9.17) is 21.3 Å². The van der Waals surface area contributed by atoms with Gasteiger partial charge in [0.15, 0.2) is 11.8 Å². The van der Waals surface area contributed by atoms with Crippen LogP contribution in [0.15, 0.2) is 57.3 Å². The second kappa shape index (κ2) is 7.90. The topological polar surface area (TPSA) is 102 Å². The standard InChI is InChI=1S/C23H23ClN6O2S/c1-13-15-11-33-18-9-27-17(14-6-4-5-7-16(14)24)8-23(15,18)30-19(10-26-13)28-29-20(30)21(31)32-22(2,3)12-25/h4-7,10-11,18,20,28-29H,8-9H2,1-3H3. The number of carbonyl (C=O) groups is 1. The maximum absolute atomic E-state index is 13.3. The first kappa shape index (κ1) is 22.0. The Morgan fingerprint density at radius 2 is 2.21 bits per heavy atom. The Kier molecular flexibility index (Phi) is 5.27. The van der Waals surface area contributed by atoms with E-state index in [0.29, 0.717) is 23.8 Å². The van der Waals surface area contributed by atoms with E-state index in [0.717, 1.165) is 22.6 Å². The highest BCUT2D eigenvalue weighted by atomic mass is 35.5. The van der Waals surface area contributed by atoms with Gasteiger partial charge in [-0.05, 0) is 32.2 Å². The Hall–Kier alpha value is -2.80. The highest BCUT2D eigenvalue weighted by Crippen LogP contribution is 2.52. The van der Waals surface area contributed by atoms with Crippen LogP contribution in [0.4, 0.5) is 0 Å². The fourth-order valence-electron chi connectivity index (χ4n) is 4.76. The molecule has 10 heteroatoms. The van der Waals surface area contributed by atoms with Gasteiger partial charge in [0.25, 0.3) is 0 Å². The van der Waals surface area contributed by atoms with Crippen molar-refractivity contribution < 1.29 is 9.53 Å². The van der Waals surface area contributed by atoms with Crippen LogP contribution in [-0.4, -0.2) is 51.4 Å². The lowest BCUT2D eigenvalue weighted by molar-refractivity contribution is -0.159. The average Bonchev–Trinajstić information content (AvgIpc) is 3.37. The van der Waals surface area contributed by atoms with Crippen LogP contribution in [0, 0.1) is 11.3 Å². The van der Waals surface area contributed by atoms with Crippen molar-refractivity contribution in [3.8, 4) is 6.07 Å². The summed E-state index contributed by atoms with van der Waals surface area (Å²) in [4.78, 5) is 24.8. The Morgan fingerprint density at radius 3 is 2.97 bits per heavy atom. The van der Waals surface area contributed by atoms with Crippen LogP contribution >= 0.6 is 23.4 Å². The van der Waals surface area contributed by atoms with Crippen LogP contribution < -0.4 is 10.9 Å². The van der Waals surface area contributed by atoms with Crippen LogP contribution in [0.2, 0.25) is 5.02 Å². The molecule has 4 aliphatic heterocycles. The molecule has 33 heavy (non-hydrogen) atoms. The second-order valence-corrected chi connectivity index (χ2v) is 10.3. The molecule has 0 amide bonds. The molecule has 0 aromatic heterocycles. The van der Waals surface area contributed by atoms with Gasteiger partial charge >= 0.3 is 5.97 Å². The molecule has 1 saturated heterocycles. The van der Waals surface area contributed by atoms with E-state index in [1.54, 1.807) is 31.8 Å². The lowest BCUT2D eigenvalue weighted by atomic mass is 9.75. The minimum absolute atomic E-state index is 0.0614. The fraction of sp³-hybridized carbons (Fsp3) is 0.391. The summed E-state index contributed by atoms with van der Waals surface area (Å²) in [7, 11) is 0. The number of rotatable bonds is 3. The first-order chi connectivity index (χ1) is 15.8. The van der Waals surface area contributed by atoms with Gasteiger partial charge in [-0.1, -0.05) is 29.8 Å². The van der Waals surface area contributed by atoms with E-state index < -0.39 is 23.3 Å². The summed E-state index contributed by atoms with van der Waals surface area (Å²) in [5, 5.41) is 12.2. The van der Waals surface area contributed by atoms with Gasteiger partial charge in [-0.15, -0.1) is 11.8 Å². The number of hydrazine groups is 1. The average molecular weight is 483 g/mol. The largest absolute Gasteiger partial charge is 0.442 e. The molecule has 0 radical (unpaired) electrons. The molecule has 1 aromatic carbocycles. The van der Waals surface area contributed by atoms with E-state index >= 15 is 0 Å². The zero-order valence-corrected chi connectivity index (χ0v) is 20.0. The number of ether oxygens (including phenoxy) is 1. The van der Waals surface area contributed by atoms with E-state index in [1.165, 1.54) is 0 Å². The minimum atomic E-state index is -1.25. The predicted octanol–water partition coefficient (Wildman–Crippen LogP) is 3.13. The zero-order chi connectivity index (χ0) is 23.4. The van der Waals surface area contributed by atoms with E-state index in [2.05, 4.69) is 21.3 Å². The van der Waals surface area contributed by atoms with Crippen LogP contribution in [0.25, 0.3) is 0 Å². The Labute approximate surface area is 201 Å². The van der Waals surface area contributed by atoms with Gasteiger partial charge in [-0.3, -0.25) is 9.98 Å². The summed E-state index contributed by atoms with van der Waals surface area (Å²) < 4.78 is 5.56. The van der Waals surface area contributed by atoms with E-state index in [1.807, 2.05) is 42.2 Å². The van der Waals surface area contributed by atoms with Crippen LogP contribution in [0.3, 0.4) is 0 Å². The molecule has 8 nitrogen and oxygen atoms in total. The summed E-state index contributed by atoms with van der Waals surface area (Å²) >= 11 is 8.24. The number of nitrogens with zero attached hydrogens (tertiary/aromatic N) is 4. The number of nitriles is 1. The smallest absolute Gasteiger partial charge is 0.347 e. The molecule has 4 aliphatic rings. The monoisotopic (exact) mass is 482 g/mol. The maximum Gasteiger partial charge on any atom is 0.347 e. The van der Waals surface area contributed by atoms with Gasteiger partial charge in [0.05, 0.1) is 23.5 Å². The molecule has 0 aliphatic carbocycles. The number of nitrogens with one attached hydrogen (secondary N) is 2. The predicted molar refractivity (Wildman–Crippen MR) is 129 cm³/mol. The van der Waals surface area contributed by atoms with Crippen molar-refractivity contribution in [3.63, 3.8) is 0 Å². The molecule has 170 valence electrons. The van der Waals surface area contributed by atoms with Crippen LogP contribution in [-0.2, 0) is 9.53 Å². The van der Waals surface area contributed by atoms with E-state index in [9.17, 15) is 10.1 Å². The highest BCUT2D eigenvalue weighted by molar-refractivity contribution is 8.03. The summed E-state index contributed by atoms with van der Waals surface area (Å²) in [5.41, 5.74) is 8.00. The first-order valence-corrected chi connectivity index (χ1v) is 11.9. The number of fused-ring (bicyclic) bond motifs is 1. The molecule has 4 heterocycles. The van der Waals surface area contributed by atoms with Crippen molar-refractivity contribution in [2.45, 2.75) is 49.7 Å². The first-order valence-electron chi connectivity index (χ1n) is 10.6. The van der Waals surface area contributed by atoms with Gasteiger partial charge in [0, 0.05) is 34.0 Å². The third-order valence-electron chi connectivity index (χ3n) is 6.32. The van der Waals surface area contributed by atoms with Crippen molar-refractivity contribution in [2.75, 3.05) is 6.54 Å². The highest BCUT2D eigenvalue weighted by Gasteiger charge is 2.59. The SMILES string of the molecule is CC1=NC=C2NNC(C(=O)OC(C)(C)C#N)N2C23CC(c4ccccc4Cl)=NCC2SC=C13. The number of thioether (sulfide) groups is 1. The molecule has 1 aromatic rings.